The SMILES string of the molecule is CC(C(=O)Cl)N(Cc1ccco1)S(=O)(=O)c1cccc([N+](=O)[O-])c1. The van der Waals surface area contributed by atoms with Crippen molar-refractivity contribution in [1.29, 1.82) is 0 Å². The molecule has 0 aliphatic heterocycles. The van der Waals surface area contributed by atoms with Gasteiger partial charge in [-0.25, -0.2) is 8.42 Å². The fraction of sp³-hybridized carbons (Fsp3) is 0.214. The van der Waals surface area contributed by atoms with Crippen LogP contribution in [0.4, 0.5) is 5.69 Å². The smallest absolute Gasteiger partial charge is 0.270 e. The molecule has 1 unspecified atom stereocenters. The first-order chi connectivity index (χ1) is 11.2. The van der Waals surface area contributed by atoms with E-state index in [-0.39, 0.29) is 17.1 Å². The highest BCUT2D eigenvalue weighted by atomic mass is 35.5. The number of carbonyl (C=O) groups is 1. The number of hydrogen-bond donors (Lipinski definition) is 0. The number of non-ortho nitro benzene ring substituents is 1. The predicted molar refractivity (Wildman–Crippen MR) is 84.9 cm³/mol. The van der Waals surface area contributed by atoms with Gasteiger partial charge in [-0.2, -0.15) is 4.31 Å². The summed E-state index contributed by atoms with van der Waals surface area (Å²) < 4.78 is 31.6. The minimum absolute atomic E-state index is 0.238. The zero-order chi connectivity index (χ0) is 17.9. The van der Waals surface area contributed by atoms with Crippen LogP contribution in [-0.2, 0) is 21.4 Å². The number of hydrogen-bond acceptors (Lipinski definition) is 6. The Morgan fingerprint density at radius 2 is 2.08 bits per heavy atom. The van der Waals surface area contributed by atoms with Crippen molar-refractivity contribution in [3.63, 3.8) is 0 Å². The summed E-state index contributed by atoms with van der Waals surface area (Å²) in [7, 11) is -4.21. The van der Waals surface area contributed by atoms with Crippen LogP contribution in [0, 0.1) is 10.1 Å². The quantitative estimate of drug-likeness (QED) is 0.419. The molecule has 0 spiro atoms. The molecule has 10 heteroatoms. The van der Waals surface area contributed by atoms with Crippen LogP contribution >= 0.6 is 11.6 Å². The van der Waals surface area contributed by atoms with E-state index in [0.29, 0.717) is 5.76 Å². The summed E-state index contributed by atoms with van der Waals surface area (Å²) in [4.78, 5) is 21.3. The third-order valence-corrected chi connectivity index (χ3v) is 5.52. The second kappa shape index (κ2) is 7.12. The molecule has 0 saturated carbocycles. The summed E-state index contributed by atoms with van der Waals surface area (Å²) >= 11 is 5.45. The first-order valence-corrected chi connectivity index (χ1v) is 8.53. The van der Waals surface area contributed by atoms with Crippen molar-refractivity contribution < 1.29 is 22.6 Å². The molecule has 1 heterocycles. The van der Waals surface area contributed by atoms with E-state index in [2.05, 4.69) is 0 Å². The normalized spacial score (nSPS) is 13.0. The van der Waals surface area contributed by atoms with E-state index < -0.39 is 26.2 Å². The van der Waals surface area contributed by atoms with Crippen molar-refractivity contribution >= 4 is 32.6 Å². The highest BCUT2D eigenvalue weighted by Crippen LogP contribution is 2.25. The molecule has 0 fully saturated rings. The van der Waals surface area contributed by atoms with Crippen molar-refractivity contribution in [1.82, 2.24) is 4.31 Å². The van der Waals surface area contributed by atoms with Crippen molar-refractivity contribution in [3.8, 4) is 0 Å². The van der Waals surface area contributed by atoms with Crippen molar-refractivity contribution in [2.24, 2.45) is 0 Å². The number of halogens is 1. The van der Waals surface area contributed by atoms with Gasteiger partial charge in [-0.05, 0) is 36.7 Å². The van der Waals surface area contributed by atoms with Gasteiger partial charge >= 0.3 is 0 Å². The van der Waals surface area contributed by atoms with Crippen LogP contribution in [0.15, 0.2) is 52.0 Å². The first-order valence-electron chi connectivity index (χ1n) is 6.71. The fourth-order valence-electron chi connectivity index (χ4n) is 1.99. The minimum atomic E-state index is -4.21. The lowest BCUT2D eigenvalue weighted by molar-refractivity contribution is -0.385. The van der Waals surface area contributed by atoms with Crippen molar-refractivity contribution in [2.75, 3.05) is 0 Å². The molecular formula is C14H13ClN2O6S. The molecule has 0 amide bonds. The number of nitrogens with zero attached hydrogens (tertiary/aromatic N) is 2. The van der Waals surface area contributed by atoms with E-state index >= 15 is 0 Å². The van der Waals surface area contributed by atoms with E-state index in [9.17, 15) is 23.3 Å². The van der Waals surface area contributed by atoms with Gasteiger partial charge < -0.3 is 4.42 Å². The van der Waals surface area contributed by atoms with Crippen molar-refractivity contribution in [2.45, 2.75) is 24.4 Å². The highest BCUT2D eigenvalue weighted by molar-refractivity contribution is 7.89. The van der Waals surface area contributed by atoms with Gasteiger partial charge in [-0.3, -0.25) is 14.9 Å². The van der Waals surface area contributed by atoms with Crippen LogP contribution in [0.3, 0.4) is 0 Å². The molecular weight excluding hydrogens is 360 g/mol. The average Bonchev–Trinajstić information content (AvgIpc) is 3.05. The molecule has 0 aliphatic rings. The number of nitro benzene ring substituents is 1. The van der Waals surface area contributed by atoms with Gasteiger partial charge in [-0.1, -0.05) is 6.07 Å². The first kappa shape index (κ1) is 18.1. The molecule has 1 atom stereocenters. The molecule has 8 nitrogen and oxygen atoms in total. The third kappa shape index (κ3) is 3.81. The van der Waals surface area contributed by atoms with E-state index in [1.54, 1.807) is 12.1 Å². The second-order valence-corrected chi connectivity index (χ2v) is 7.13. The summed E-state index contributed by atoms with van der Waals surface area (Å²) in [6.45, 7) is 1.09. The number of rotatable bonds is 7. The van der Waals surface area contributed by atoms with Crippen LogP contribution in [0.25, 0.3) is 0 Å². The molecule has 0 saturated heterocycles. The second-order valence-electron chi connectivity index (χ2n) is 4.86. The van der Waals surface area contributed by atoms with Crippen LogP contribution in [-0.4, -0.2) is 28.9 Å². The van der Waals surface area contributed by atoms with Gasteiger partial charge in [0.25, 0.3) is 5.69 Å². The molecule has 2 aromatic rings. The van der Waals surface area contributed by atoms with Crippen LogP contribution in [0.1, 0.15) is 12.7 Å². The Morgan fingerprint density at radius 1 is 1.38 bits per heavy atom. The molecule has 0 bridgehead atoms. The standard InChI is InChI=1S/C14H13ClN2O6S/c1-10(14(15)18)16(9-12-5-3-7-23-12)24(21,22)13-6-2-4-11(8-13)17(19)20/h2-8,10H,9H2,1H3. The summed E-state index contributed by atoms with van der Waals surface area (Å²) in [5, 5.41) is 9.98. The van der Waals surface area contributed by atoms with Gasteiger partial charge in [0.1, 0.15) is 5.76 Å². The summed E-state index contributed by atoms with van der Waals surface area (Å²) in [5.74, 6) is 0.300. The highest BCUT2D eigenvalue weighted by Gasteiger charge is 2.33. The molecule has 2 rings (SSSR count). The summed E-state index contributed by atoms with van der Waals surface area (Å²) in [6, 6.07) is 6.50. The molecule has 0 radical (unpaired) electrons. The number of sulfonamides is 1. The Balaban J connectivity index is 2.48. The topological polar surface area (TPSA) is 111 Å². The Bertz CT molecular complexity index is 850. The van der Waals surface area contributed by atoms with Gasteiger partial charge in [0.05, 0.1) is 28.7 Å². The van der Waals surface area contributed by atoms with Crippen molar-refractivity contribution in [3.05, 3.63) is 58.5 Å². The minimum Gasteiger partial charge on any atom is -0.468 e. The number of benzene rings is 1. The van der Waals surface area contributed by atoms with Crippen LogP contribution in [0.5, 0.6) is 0 Å². The van der Waals surface area contributed by atoms with E-state index in [4.69, 9.17) is 16.0 Å². The molecule has 0 N–H and O–H groups in total. The lowest BCUT2D eigenvalue weighted by atomic mass is 10.3. The summed E-state index contributed by atoms with van der Waals surface area (Å²) in [6.07, 6.45) is 1.36. The Hall–Kier alpha value is -2.23. The maximum absolute atomic E-state index is 12.8. The Morgan fingerprint density at radius 3 is 2.62 bits per heavy atom. The number of furan rings is 1. The number of carbonyl (C=O) groups excluding carboxylic acids is 1. The van der Waals surface area contributed by atoms with Crippen LogP contribution < -0.4 is 0 Å². The maximum atomic E-state index is 12.8. The Kier molecular flexibility index (Phi) is 5.37. The molecule has 1 aromatic carbocycles. The summed E-state index contributed by atoms with van der Waals surface area (Å²) in [5.41, 5.74) is -0.376. The average molecular weight is 373 g/mol. The van der Waals surface area contributed by atoms with E-state index in [0.717, 1.165) is 10.4 Å². The Labute approximate surface area is 142 Å². The van der Waals surface area contributed by atoms with Crippen LogP contribution in [0.2, 0.25) is 0 Å². The van der Waals surface area contributed by atoms with Gasteiger partial charge in [0, 0.05) is 12.1 Å². The third-order valence-electron chi connectivity index (χ3n) is 3.29. The van der Waals surface area contributed by atoms with Gasteiger partial charge in [0.15, 0.2) is 0 Å². The van der Waals surface area contributed by atoms with E-state index in [1.807, 2.05) is 0 Å². The molecule has 128 valence electrons. The fourth-order valence-corrected chi connectivity index (χ4v) is 3.77. The molecule has 1 aromatic heterocycles. The predicted octanol–water partition coefficient (Wildman–Crippen LogP) is 2.53. The molecule has 24 heavy (non-hydrogen) atoms. The molecule has 0 aliphatic carbocycles. The monoisotopic (exact) mass is 372 g/mol. The van der Waals surface area contributed by atoms with E-state index in [1.165, 1.54) is 31.4 Å². The lowest BCUT2D eigenvalue weighted by Crippen LogP contribution is -2.41. The zero-order valence-corrected chi connectivity index (χ0v) is 14.0. The number of nitro groups is 1. The zero-order valence-electron chi connectivity index (χ0n) is 12.5. The van der Waals surface area contributed by atoms with Gasteiger partial charge in [0.2, 0.25) is 15.3 Å². The van der Waals surface area contributed by atoms with Gasteiger partial charge in [-0.15, -0.1) is 0 Å². The maximum Gasteiger partial charge on any atom is 0.270 e. The lowest BCUT2D eigenvalue weighted by Gasteiger charge is -2.25. The largest absolute Gasteiger partial charge is 0.468 e.